The Morgan fingerprint density at radius 3 is 2.38 bits per heavy atom. The molecule has 0 bridgehead atoms. The van der Waals surface area contributed by atoms with Crippen LogP contribution in [0.15, 0.2) is 46.9 Å². The number of alkyl halides is 2. The summed E-state index contributed by atoms with van der Waals surface area (Å²) in [6.45, 7) is -2.83. The average molecular weight is 377 g/mol. The van der Waals surface area contributed by atoms with Crippen LogP contribution in [0.25, 0.3) is 0 Å². The summed E-state index contributed by atoms with van der Waals surface area (Å²) in [5.74, 6) is 0.114. The van der Waals surface area contributed by atoms with Crippen molar-refractivity contribution in [2.45, 2.75) is 19.1 Å². The molecule has 0 aliphatic rings. The highest BCUT2D eigenvalue weighted by Crippen LogP contribution is 2.26. The molecule has 6 heteroatoms. The first-order valence-electron chi connectivity index (χ1n) is 6.20. The first kappa shape index (κ1) is 16.2. The number of nitrogens with two attached hydrogens (primary N) is 1. The van der Waals surface area contributed by atoms with Crippen molar-refractivity contribution in [2.24, 2.45) is 5.73 Å². The number of ether oxygens (including phenoxy) is 1. The number of rotatable bonds is 5. The molecule has 1 unspecified atom stereocenters. The minimum atomic E-state index is -2.83. The second kappa shape index (κ2) is 7.20. The molecule has 2 nitrogen and oxygen atoms in total. The van der Waals surface area contributed by atoms with E-state index in [2.05, 4.69) is 20.7 Å². The third-order valence-corrected chi connectivity index (χ3v) is 3.83. The average Bonchev–Trinajstić information content (AvgIpc) is 2.42. The molecule has 112 valence electrons. The van der Waals surface area contributed by atoms with Crippen LogP contribution in [0.3, 0.4) is 0 Å². The number of benzene rings is 2. The summed E-state index contributed by atoms with van der Waals surface area (Å²) in [4.78, 5) is 0. The van der Waals surface area contributed by atoms with Crippen LogP contribution in [-0.4, -0.2) is 6.61 Å². The lowest BCUT2D eigenvalue weighted by atomic mass is 9.99. The molecule has 0 saturated heterocycles. The van der Waals surface area contributed by atoms with E-state index in [1.54, 1.807) is 12.1 Å². The van der Waals surface area contributed by atoms with Crippen molar-refractivity contribution < 1.29 is 13.5 Å². The Morgan fingerprint density at radius 1 is 1.14 bits per heavy atom. The number of hydrogen-bond acceptors (Lipinski definition) is 2. The summed E-state index contributed by atoms with van der Waals surface area (Å²) in [7, 11) is 0. The van der Waals surface area contributed by atoms with Gasteiger partial charge in [-0.3, -0.25) is 0 Å². The number of hydrogen-bond donors (Lipinski definition) is 1. The lowest BCUT2D eigenvalue weighted by molar-refractivity contribution is -0.0498. The van der Waals surface area contributed by atoms with E-state index in [-0.39, 0.29) is 11.8 Å². The topological polar surface area (TPSA) is 35.2 Å². The fraction of sp³-hybridized carbons (Fsp3) is 0.200. The minimum absolute atomic E-state index is 0.114. The van der Waals surface area contributed by atoms with Crippen LogP contribution in [0.5, 0.6) is 5.75 Å². The molecule has 0 aliphatic carbocycles. The molecule has 21 heavy (non-hydrogen) atoms. The van der Waals surface area contributed by atoms with E-state index in [1.165, 1.54) is 12.1 Å². The molecule has 0 heterocycles. The number of halogens is 4. The van der Waals surface area contributed by atoms with Gasteiger partial charge in [0.1, 0.15) is 5.75 Å². The van der Waals surface area contributed by atoms with Gasteiger partial charge in [-0.25, -0.2) is 0 Å². The zero-order chi connectivity index (χ0) is 15.4. The van der Waals surface area contributed by atoms with E-state index < -0.39 is 6.61 Å². The van der Waals surface area contributed by atoms with Crippen molar-refractivity contribution in [1.82, 2.24) is 0 Å². The highest BCUT2D eigenvalue weighted by molar-refractivity contribution is 9.10. The molecule has 0 spiro atoms. The van der Waals surface area contributed by atoms with Gasteiger partial charge in [0.25, 0.3) is 0 Å². The third-order valence-electron chi connectivity index (χ3n) is 2.99. The van der Waals surface area contributed by atoms with Crippen LogP contribution >= 0.6 is 27.5 Å². The second-order valence-corrected chi connectivity index (χ2v) is 5.82. The standard InChI is InChI=1S/C15H13BrClF2NO/c16-11-4-1-10(13(17)8-11)7-14(20)9-2-5-12(6-3-9)21-15(18)19/h1-6,8,14-15H,7,20H2. The predicted molar refractivity (Wildman–Crippen MR) is 82.9 cm³/mol. The Morgan fingerprint density at radius 2 is 1.81 bits per heavy atom. The van der Waals surface area contributed by atoms with Crippen molar-refractivity contribution in [3.8, 4) is 5.75 Å². The molecule has 2 rings (SSSR count). The fourth-order valence-corrected chi connectivity index (χ4v) is 2.69. The van der Waals surface area contributed by atoms with Crippen molar-refractivity contribution in [3.63, 3.8) is 0 Å². The van der Waals surface area contributed by atoms with Crippen LogP contribution in [0.2, 0.25) is 5.02 Å². The first-order chi connectivity index (χ1) is 9.95. The Bertz CT molecular complexity index is 607. The lowest BCUT2D eigenvalue weighted by Gasteiger charge is -2.14. The van der Waals surface area contributed by atoms with Crippen molar-refractivity contribution in [2.75, 3.05) is 0 Å². The van der Waals surface area contributed by atoms with Gasteiger partial charge in [-0.15, -0.1) is 0 Å². The van der Waals surface area contributed by atoms with E-state index in [1.807, 2.05) is 18.2 Å². The monoisotopic (exact) mass is 375 g/mol. The van der Waals surface area contributed by atoms with Gasteiger partial charge in [0.15, 0.2) is 0 Å². The van der Waals surface area contributed by atoms with Gasteiger partial charge < -0.3 is 10.5 Å². The van der Waals surface area contributed by atoms with E-state index >= 15 is 0 Å². The summed E-state index contributed by atoms with van der Waals surface area (Å²) in [6.07, 6.45) is 0.557. The van der Waals surface area contributed by atoms with E-state index in [4.69, 9.17) is 17.3 Å². The summed E-state index contributed by atoms with van der Waals surface area (Å²) >= 11 is 9.50. The molecular formula is C15H13BrClF2NO. The molecule has 0 aliphatic heterocycles. The van der Waals surface area contributed by atoms with Crippen LogP contribution < -0.4 is 10.5 Å². The lowest BCUT2D eigenvalue weighted by Crippen LogP contribution is -2.13. The van der Waals surface area contributed by atoms with Gasteiger partial charge >= 0.3 is 6.61 Å². The molecule has 0 amide bonds. The maximum absolute atomic E-state index is 12.1. The summed E-state index contributed by atoms with van der Waals surface area (Å²) in [5, 5.41) is 0.637. The maximum Gasteiger partial charge on any atom is 0.387 e. The van der Waals surface area contributed by atoms with E-state index in [9.17, 15) is 8.78 Å². The molecular weight excluding hydrogens is 364 g/mol. The highest BCUT2D eigenvalue weighted by atomic mass is 79.9. The quantitative estimate of drug-likeness (QED) is 0.801. The molecule has 0 saturated carbocycles. The van der Waals surface area contributed by atoms with Crippen LogP contribution in [0, 0.1) is 0 Å². The molecule has 0 fully saturated rings. The molecule has 1 atom stereocenters. The van der Waals surface area contributed by atoms with E-state index in [0.717, 1.165) is 15.6 Å². The third kappa shape index (κ3) is 4.66. The predicted octanol–water partition coefficient (Wildman–Crippen LogP) is 4.95. The zero-order valence-corrected chi connectivity index (χ0v) is 13.2. The molecule has 2 aromatic rings. The Balaban J connectivity index is 2.07. The van der Waals surface area contributed by atoms with Gasteiger partial charge in [-0.05, 0) is 41.8 Å². The van der Waals surface area contributed by atoms with Crippen LogP contribution in [-0.2, 0) is 6.42 Å². The maximum atomic E-state index is 12.1. The first-order valence-corrected chi connectivity index (χ1v) is 7.37. The van der Waals surface area contributed by atoms with Crippen molar-refractivity contribution >= 4 is 27.5 Å². The fourth-order valence-electron chi connectivity index (χ4n) is 1.94. The summed E-state index contributed by atoms with van der Waals surface area (Å²) in [5.41, 5.74) is 7.89. The van der Waals surface area contributed by atoms with E-state index in [0.29, 0.717) is 11.4 Å². The molecule has 2 aromatic carbocycles. The van der Waals surface area contributed by atoms with Gasteiger partial charge in [0, 0.05) is 15.5 Å². The Kier molecular flexibility index (Phi) is 5.56. The smallest absolute Gasteiger partial charge is 0.387 e. The molecule has 0 radical (unpaired) electrons. The van der Waals surface area contributed by atoms with Gasteiger partial charge in [-0.1, -0.05) is 45.7 Å². The van der Waals surface area contributed by atoms with Gasteiger partial charge in [0.05, 0.1) is 0 Å². The van der Waals surface area contributed by atoms with Crippen molar-refractivity contribution in [1.29, 1.82) is 0 Å². The van der Waals surface area contributed by atoms with Gasteiger partial charge in [-0.2, -0.15) is 8.78 Å². The van der Waals surface area contributed by atoms with Crippen LogP contribution in [0.1, 0.15) is 17.2 Å². The Hall–Kier alpha value is -1.17. The van der Waals surface area contributed by atoms with Crippen molar-refractivity contribution in [3.05, 3.63) is 63.1 Å². The normalized spacial score (nSPS) is 12.5. The summed E-state index contributed by atoms with van der Waals surface area (Å²) in [6, 6.07) is 11.6. The minimum Gasteiger partial charge on any atom is -0.435 e. The molecule has 0 aromatic heterocycles. The van der Waals surface area contributed by atoms with Gasteiger partial charge in [0.2, 0.25) is 0 Å². The Labute approximate surface area is 135 Å². The van der Waals surface area contributed by atoms with Crippen LogP contribution in [0.4, 0.5) is 8.78 Å². The highest BCUT2D eigenvalue weighted by Gasteiger charge is 2.11. The SMILES string of the molecule is NC(Cc1ccc(Br)cc1Cl)c1ccc(OC(F)F)cc1. The second-order valence-electron chi connectivity index (χ2n) is 4.49. The molecule has 2 N–H and O–H groups in total. The zero-order valence-electron chi connectivity index (χ0n) is 10.9. The largest absolute Gasteiger partial charge is 0.435 e. The summed E-state index contributed by atoms with van der Waals surface area (Å²) < 4.78 is 29.4.